The highest BCUT2D eigenvalue weighted by Gasteiger charge is 2.50. The third kappa shape index (κ3) is 1.13. The van der Waals surface area contributed by atoms with Gasteiger partial charge in [-0.2, -0.15) is 0 Å². The molecule has 0 aromatic heterocycles. The van der Waals surface area contributed by atoms with E-state index in [0.29, 0.717) is 10.9 Å². The molecule has 0 bridgehead atoms. The molecule has 1 saturated carbocycles. The normalized spacial score (nSPS) is 33.4. The van der Waals surface area contributed by atoms with Gasteiger partial charge >= 0.3 is 0 Å². The molecule has 0 spiro atoms. The molecule has 2 heteroatoms. The van der Waals surface area contributed by atoms with Crippen LogP contribution in [0, 0.1) is 5.92 Å². The molecule has 64 valence electrons. The molecule has 0 radical (unpaired) electrons. The molecule has 0 heterocycles. The van der Waals surface area contributed by atoms with Gasteiger partial charge in [0.15, 0.2) is 0 Å². The summed E-state index contributed by atoms with van der Waals surface area (Å²) in [6.45, 7) is 2.04. The van der Waals surface area contributed by atoms with Gasteiger partial charge in [0, 0.05) is 5.02 Å². The maximum Gasteiger partial charge on any atom is 0.0927 e. The van der Waals surface area contributed by atoms with Crippen molar-refractivity contribution in [1.82, 2.24) is 0 Å². The van der Waals surface area contributed by atoms with E-state index in [2.05, 4.69) is 0 Å². The van der Waals surface area contributed by atoms with Gasteiger partial charge in [-0.25, -0.2) is 0 Å². The lowest BCUT2D eigenvalue weighted by atomic mass is 10.1. The molecule has 2 atom stereocenters. The van der Waals surface area contributed by atoms with Crippen LogP contribution in [0.25, 0.3) is 0 Å². The Morgan fingerprint density at radius 1 is 1.58 bits per heavy atom. The van der Waals surface area contributed by atoms with E-state index in [1.165, 1.54) is 0 Å². The van der Waals surface area contributed by atoms with Crippen LogP contribution in [0.5, 0.6) is 0 Å². The van der Waals surface area contributed by atoms with E-state index in [0.717, 1.165) is 12.0 Å². The van der Waals surface area contributed by atoms with Crippen LogP contribution in [0.1, 0.15) is 18.9 Å². The summed E-state index contributed by atoms with van der Waals surface area (Å²) in [5.74, 6) is 0.371. The molecule has 2 rings (SSSR count). The quantitative estimate of drug-likeness (QED) is 0.708. The average molecular weight is 183 g/mol. The number of halogens is 1. The Morgan fingerprint density at radius 2 is 2.25 bits per heavy atom. The lowest BCUT2D eigenvalue weighted by molar-refractivity contribution is 0.135. The van der Waals surface area contributed by atoms with Crippen molar-refractivity contribution in [3.05, 3.63) is 34.9 Å². The molecule has 12 heavy (non-hydrogen) atoms. The molecule has 1 N–H and O–H groups in total. The Kier molecular flexibility index (Phi) is 1.67. The average Bonchev–Trinajstić information content (AvgIpc) is 2.61. The van der Waals surface area contributed by atoms with Crippen LogP contribution >= 0.6 is 11.6 Å². The van der Waals surface area contributed by atoms with Gasteiger partial charge < -0.3 is 5.11 Å². The minimum Gasteiger partial charge on any atom is -0.385 e. The Labute approximate surface area is 77.0 Å². The largest absolute Gasteiger partial charge is 0.385 e. The number of benzene rings is 1. The second kappa shape index (κ2) is 2.48. The first-order valence-corrected chi connectivity index (χ1v) is 4.49. The predicted octanol–water partition coefficient (Wildman–Crippen LogP) is 2.57. The summed E-state index contributed by atoms with van der Waals surface area (Å²) in [6, 6.07) is 7.46. The van der Waals surface area contributed by atoms with E-state index in [9.17, 15) is 5.11 Å². The second-order valence-electron chi connectivity index (χ2n) is 3.54. The molecule has 0 amide bonds. The van der Waals surface area contributed by atoms with Gasteiger partial charge in [0.1, 0.15) is 0 Å². The molecular formula is C10H11ClO. The van der Waals surface area contributed by atoms with E-state index < -0.39 is 5.60 Å². The van der Waals surface area contributed by atoms with Crippen LogP contribution in [-0.2, 0) is 5.60 Å². The fraction of sp³-hybridized carbons (Fsp3) is 0.400. The highest BCUT2D eigenvalue weighted by Crippen LogP contribution is 2.51. The van der Waals surface area contributed by atoms with Crippen LogP contribution in [-0.4, -0.2) is 5.11 Å². The maximum atomic E-state index is 9.93. The first-order chi connectivity index (χ1) is 5.63. The van der Waals surface area contributed by atoms with E-state index >= 15 is 0 Å². The van der Waals surface area contributed by atoms with Crippen LogP contribution in [0.4, 0.5) is 0 Å². The van der Waals surface area contributed by atoms with Crippen molar-refractivity contribution >= 4 is 11.6 Å². The highest BCUT2D eigenvalue weighted by atomic mass is 35.5. The minimum atomic E-state index is -0.592. The topological polar surface area (TPSA) is 20.2 Å². The second-order valence-corrected chi connectivity index (χ2v) is 3.98. The van der Waals surface area contributed by atoms with Crippen molar-refractivity contribution in [3.63, 3.8) is 0 Å². The summed E-state index contributed by atoms with van der Waals surface area (Å²) >= 11 is 5.82. The van der Waals surface area contributed by atoms with Crippen molar-refractivity contribution in [2.75, 3.05) is 0 Å². The van der Waals surface area contributed by atoms with Gasteiger partial charge in [-0.15, -0.1) is 0 Å². The monoisotopic (exact) mass is 182 g/mol. The smallest absolute Gasteiger partial charge is 0.0927 e. The number of rotatable bonds is 1. The van der Waals surface area contributed by atoms with E-state index in [4.69, 9.17) is 11.6 Å². The minimum absolute atomic E-state index is 0.371. The van der Waals surface area contributed by atoms with E-state index in [1.807, 2.05) is 31.2 Å². The first-order valence-electron chi connectivity index (χ1n) is 4.11. The summed E-state index contributed by atoms with van der Waals surface area (Å²) in [4.78, 5) is 0. The predicted molar refractivity (Wildman–Crippen MR) is 49.1 cm³/mol. The van der Waals surface area contributed by atoms with Gasteiger partial charge in [-0.1, -0.05) is 30.7 Å². The van der Waals surface area contributed by atoms with Crippen LogP contribution in [0.2, 0.25) is 5.02 Å². The Bertz CT molecular complexity index is 310. The molecule has 1 aliphatic carbocycles. The summed E-state index contributed by atoms with van der Waals surface area (Å²) < 4.78 is 0. The van der Waals surface area contributed by atoms with Gasteiger partial charge in [-0.05, 0) is 30.0 Å². The molecule has 1 aliphatic rings. The molecule has 1 nitrogen and oxygen atoms in total. The van der Waals surface area contributed by atoms with Gasteiger partial charge in [0.05, 0.1) is 5.60 Å². The fourth-order valence-corrected chi connectivity index (χ4v) is 1.76. The third-order valence-corrected chi connectivity index (χ3v) is 2.83. The van der Waals surface area contributed by atoms with Crippen molar-refractivity contribution in [1.29, 1.82) is 0 Å². The highest BCUT2D eigenvalue weighted by molar-refractivity contribution is 6.30. The summed E-state index contributed by atoms with van der Waals surface area (Å²) in [5.41, 5.74) is 0.354. The van der Waals surface area contributed by atoms with Gasteiger partial charge in [-0.3, -0.25) is 0 Å². The van der Waals surface area contributed by atoms with Crippen LogP contribution in [0.15, 0.2) is 24.3 Å². The zero-order valence-corrected chi connectivity index (χ0v) is 7.67. The van der Waals surface area contributed by atoms with E-state index in [-0.39, 0.29) is 0 Å². The molecule has 0 saturated heterocycles. The van der Waals surface area contributed by atoms with Crippen LogP contribution < -0.4 is 0 Å². The van der Waals surface area contributed by atoms with Crippen molar-refractivity contribution in [2.24, 2.45) is 5.92 Å². The molecule has 1 fully saturated rings. The molecule has 2 unspecified atom stereocenters. The summed E-state index contributed by atoms with van der Waals surface area (Å²) in [6.07, 6.45) is 0.855. The van der Waals surface area contributed by atoms with Crippen LogP contribution in [0.3, 0.4) is 0 Å². The van der Waals surface area contributed by atoms with Gasteiger partial charge in [0.2, 0.25) is 0 Å². The summed E-state index contributed by atoms with van der Waals surface area (Å²) in [5, 5.41) is 10.6. The lowest BCUT2D eigenvalue weighted by Gasteiger charge is -2.08. The number of hydrogen-bond acceptors (Lipinski definition) is 1. The molecular weight excluding hydrogens is 172 g/mol. The zero-order chi connectivity index (χ0) is 8.77. The third-order valence-electron chi connectivity index (χ3n) is 2.60. The Hall–Kier alpha value is -0.530. The van der Waals surface area contributed by atoms with Crippen molar-refractivity contribution in [3.8, 4) is 0 Å². The standard InChI is InChI=1S/C10H11ClO/c1-7-6-10(7,12)8-3-2-4-9(11)5-8/h2-5,7,12H,6H2,1H3. The number of aliphatic hydroxyl groups is 1. The Balaban J connectivity index is 2.36. The lowest BCUT2D eigenvalue weighted by Crippen LogP contribution is -2.06. The SMILES string of the molecule is CC1CC1(O)c1cccc(Cl)c1. The zero-order valence-electron chi connectivity index (χ0n) is 6.92. The van der Waals surface area contributed by atoms with Crippen molar-refractivity contribution < 1.29 is 5.11 Å². The maximum absolute atomic E-state index is 9.93. The first kappa shape index (κ1) is 8.09. The van der Waals surface area contributed by atoms with E-state index in [1.54, 1.807) is 0 Å². The Morgan fingerprint density at radius 3 is 2.75 bits per heavy atom. The molecule has 1 aromatic carbocycles. The summed E-state index contributed by atoms with van der Waals surface area (Å²) in [7, 11) is 0. The number of hydrogen-bond donors (Lipinski definition) is 1. The van der Waals surface area contributed by atoms with Gasteiger partial charge in [0.25, 0.3) is 0 Å². The fourth-order valence-electron chi connectivity index (χ4n) is 1.57. The molecule has 1 aromatic rings. The van der Waals surface area contributed by atoms with Crippen molar-refractivity contribution in [2.45, 2.75) is 18.9 Å². The molecule has 0 aliphatic heterocycles.